The van der Waals surface area contributed by atoms with E-state index >= 15 is 0 Å². The van der Waals surface area contributed by atoms with Crippen molar-refractivity contribution < 1.29 is 14.3 Å². The normalized spacial score (nSPS) is 19.8. The molecule has 1 N–H and O–H groups in total. The minimum absolute atomic E-state index is 0.114. The molecule has 0 radical (unpaired) electrons. The van der Waals surface area contributed by atoms with Gasteiger partial charge in [0.1, 0.15) is 17.1 Å². The Kier molecular flexibility index (Phi) is 3.90. The first-order valence-electron chi connectivity index (χ1n) is 9.44. The molecular weight excluding hydrogens is 372 g/mol. The number of benzene rings is 2. The third-order valence-corrected chi connectivity index (χ3v) is 5.51. The third kappa shape index (κ3) is 2.77. The number of carbonyl (C=O) groups excluding carboxylic acids is 2. The number of cyclic esters (lactones) is 1. The molecule has 1 saturated heterocycles. The maximum Gasteiger partial charge on any atom is 0.415 e. The van der Waals surface area contributed by atoms with Crippen LogP contribution in [0.2, 0.25) is 0 Å². The van der Waals surface area contributed by atoms with Gasteiger partial charge in [-0.3, -0.25) is 14.7 Å². The highest BCUT2D eigenvalue weighted by atomic mass is 16.6. The van der Waals surface area contributed by atoms with Crippen LogP contribution in [0.1, 0.15) is 12.5 Å². The summed E-state index contributed by atoms with van der Waals surface area (Å²) in [7, 11) is 1.92. The Balaban J connectivity index is 1.43. The van der Waals surface area contributed by atoms with Gasteiger partial charge in [0.15, 0.2) is 0 Å². The number of nitrogens with zero attached hydrogens (tertiary/aromatic N) is 5. The monoisotopic (exact) mass is 392 g/mol. The lowest BCUT2D eigenvalue weighted by Crippen LogP contribution is -2.40. The van der Waals surface area contributed by atoms with Crippen molar-refractivity contribution >= 4 is 34.4 Å². The van der Waals surface area contributed by atoms with Crippen LogP contribution >= 0.6 is 0 Å². The predicted molar refractivity (Wildman–Crippen MR) is 107 cm³/mol. The molecule has 9 heteroatoms. The fraction of sp³-hybridized carbons (Fsp3) is 0.300. The molecule has 148 valence electrons. The predicted octanol–water partition coefficient (Wildman–Crippen LogP) is 1.72. The molecule has 0 unspecified atom stereocenters. The summed E-state index contributed by atoms with van der Waals surface area (Å²) in [6.45, 7) is 1.77. The first-order valence-corrected chi connectivity index (χ1v) is 9.44. The van der Waals surface area contributed by atoms with Crippen LogP contribution in [0.4, 0.5) is 16.2 Å². The first-order chi connectivity index (χ1) is 14.0. The van der Waals surface area contributed by atoms with Crippen LogP contribution in [-0.2, 0) is 16.0 Å². The molecule has 1 fully saturated rings. The number of hydrogen-bond acceptors (Lipinski definition) is 6. The van der Waals surface area contributed by atoms with Gasteiger partial charge in [0.05, 0.1) is 24.0 Å². The van der Waals surface area contributed by atoms with E-state index in [1.165, 1.54) is 6.92 Å². The van der Waals surface area contributed by atoms with Gasteiger partial charge in [-0.05, 0) is 47.5 Å². The second-order valence-electron chi connectivity index (χ2n) is 7.30. The lowest BCUT2D eigenvalue weighted by Gasteiger charge is -2.20. The number of ether oxygens (including phenoxy) is 1. The summed E-state index contributed by atoms with van der Waals surface area (Å²) >= 11 is 0. The van der Waals surface area contributed by atoms with Gasteiger partial charge in [0, 0.05) is 14.0 Å². The van der Waals surface area contributed by atoms with E-state index in [0.717, 1.165) is 28.0 Å². The summed E-state index contributed by atoms with van der Waals surface area (Å²) in [4.78, 5) is 27.1. The van der Waals surface area contributed by atoms with Crippen molar-refractivity contribution in [1.82, 2.24) is 20.4 Å². The van der Waals surface area contributed by atoms with E-state index < -0.39 is 0 Å². The molecule has 2 aliphatic heterocycles. The standard InChI is InChI=1S/C20H20N6O3/c1-12(27)21-11-19-18-10-13-9-14(7-8-16(13)25(18)20(28)29-19)24(2)26-17-6-4-3-5-15(17)22-23-26/h3-9,18-19H,10-11H2,1-2H3,(H,21,27)/t18-,19-/m0/s1. The third-order valence-electron chi connectivity index (χ3n) is 5.51. The number of carbonyl (C=O) groups is 2. The quantitative estimate of drug-likeness (QED) is 0.727. The van der Waals surface area contributed by atoms with Gasteiger partial charge in [-0.2, -0.15) is 4.79 Å². The fourth-order valence-electron chi connectivity index (χ4n) is 4.07. The maximum atomic E-state index is 12.4. The molecule has 0 saturated carbocycles. The van der Waals surface area contributed by atoms with Gasteiger partial charge in [0.25, 0.3) is 0 Å². The van der Waals surface area contributed by atoms with Crippen molar-refractivity contribution in [2.45, 2.75) is 25.5 Å². The van der Waals surface area contributed by atoms with E-state index in [1.807, 2.05) is 48.5 Å². The Bertz CT molecular complexity index is 1130. The van der Waals surface area contributed by atoms with Crippen LogP contribution < -0.4 is 15.2 Å². The van der Waals surface area contributed by atoms with E-state index in [9.17, 15) is 9.59 Å². The van der Waals surface area contributed by atoms with Crippen LogP contribution in [0.15, 0.2) is 42.5 Å². The van der Waals surface area contributed by atoms with Gasteiger partial charge in [-0.15, -0.1) is 5.10 Å². The zero-order valence-corrected chi connectivity index (χ0v) is 16.1. The Morgan fingerprint density at radius 1 is 1.31 bits per heavy atom. The van der Waals surface area contributed by atoms with Crippen molar-refractivity contribution in [2.24, 2.45) is 0 Å². The van der Waals surface area contributed by atoms with Crippen molar-refractivity contribution in [3.05, 3.63) is 48.0 Å². The SMILES string of the molecule is CC(=O)NC[C@@H]1OC(=O)N2c3ccc(N(C)n4nnc5ccccc54)cc3C[C@@H]12. The zero-order valence-electron chi connectivity index (χ0n) is 16.1. The van der Waals surface area contributed by atoms with Gasteiger partial charge < -0.3 is 10.1 Å². The molecule has 0 bridgehead atoms. The average Bonchev–Trinajstić information content (AvgIpc) is 3.38. The molecule has 2 aliphatic rings. The number of rotatable bonds is 4. The molecule has 0 spiro atoms. The van der Waals surface area contributed by atoms with Crippen molar-refractivity contribution in [2.75, 3.05) is 23.5 Å². The summed E-state index contributed by atoms with van der Waals surface area (Å²) in [5.41, 5.74) is 4.59. The van der Waals surface area contributed by atoms with Crippen LogP contribution in [0.3, 0.4) is 0 Å². The van der Waals surface area contributed by atoms with Gasteiger partial charge in [-0.25, -0.2) is 4.79 Å². The molecule has 0 aliphatic carbocycles. The van der Waals surface area contributed by atoms with Crippen LogP contribution in [0.5, 0.6) is 0 Å². The number of fused-ring (bicyclic) bond motifs is 4. The molecule has 2 amide bonds. The Morgan fingerprint density at radius 2 is 2.14 bits per heavy atom. The minimum Gasteiger partial charge on any atom is -0.442 e. The minimum atomic E-state index is -0.368. The lowest BCUT2D eigenvalue weighted by molar-refractivity contribution is -0.119. The fourth-order valence-corrected chi connectivity index (χ4v) is 4.07. The van der Waals surface area contributed by atoms with Crippen LogP contribution in [0, 0.1) is 0 Å². The molecule has 1 aromatic heterocycles. The average molecular weight is 392 g/mol. The largest absolute Gasteiger partial charge is 0.442 e. The molecule has 5 rings (SSSR count). The highest BCUT2D eigenvalue weighted by molar-refractivity contribution is 5.94. The van der Waals surface area contributed by atoms with Gasteiger partial charge in [0.2, 0.25) is 5.91 Å². The van der Waals surface area contributed by atoms with Crippen molar-refractivity contribution in [1.29, 1.82) is 0 Å². The lowest BCUT2D eigenvalue weighted by atomic mass is 10.1. The number of anilines is 2. The summed E-state index contributed by atoms with van der Waals surface area (Å²) in [6, 6.07) is 13.6. The Labute approximate surface area is 166 Å². The van der Waals surface area contributed by atoms with Crippen LogP contribution in [0.25, 0.3) is 11.0 Å². The van der Waals surface area contributed by atoms with Gasteiger partial charge in [-0.1, -0.05) is 12.1 Å². The Morgan fingerprint density at radius 3 is 2.97 bits per heavy atom. The van der Waals surface area contributed by atoms with E-state index in [0.29, 0.717) is 13.0 Å². The molecule has 3 aromatic rings. The summed E-state index contributed by atoms with van der Waals surface area (Å²) in [6.07, 6.45) is -0.0582. The van der Waals surface area contributed by atoms with E-state index in [2.05, 4.69) is 21.7 Å². The smallest absolute Gasteiger partial charge is 0.415 e. The Hall–Kier alpha value is -3.62. The van der Waals surface area contributed by atoms with E-state index in [1.54, 1.807) is 9.69 Å². The van der Waals surface area contributed by atoms with Crippen molar-refractivity contribution in [3.8, 4) is 0 Å². The zero-order chi connectivity index (χ0) is 20.1. The summed E-state index contributed by atoms with van der Waals surface area (Å²) in [5, 5.41) is 13.1. The van der Waals surface area contributed by atoms with Gasteiger partial charge >= 0.3 is 6.09 Å². The molecule has 3 heterocycles. The van der Waals surface area contributed by atoms with E-state index in [4.69, 9.17) is 4.74 Å². The van der Waals surface area contributed by atoms with E-state index in [-0.39, 0.29) is 24.1 Å². The molecular formula is C20H20N6O3. The number of nitrogens with one attached hydrogen (secondary N) is 1. The number of hydrogen-bond donors (Lipinski definition) is 1. The second-order valence-corrected chi connectivity index (χ2v) is 7.30. The van der Waals surface area contributed by atoms with Crippen molar-refractivity contribution in [3.63, 3.8) is 0 Å². The highest BCUT2D eigenvalue weighted by Crippen LogP contribution is 2.40. The number of amides is 2. The second kappa shape index (κ2) is 6.47. The topological polar surface area (TPSA) is 92.6 Å². The molecule has 29 heavy (non-hydrogen) atoms. The first kappa shape index (κ1) is 17.5. The molecule has 2 atom stereocenters. The highest BCUT2D eigenvalue weighted by Gasteiger charge is 2.47. The summed E-state index contributed by atoms with van der Waals surface area (Å²) < 4.78 is 5.46. The molecule has 2 aromatic carbocycles. The number of aromatic nitrogens is 3. The number of para-hydroxylation sites is 1. The summed E-state index contributed by atoms with van der Waals surface area (Å²) in [5.74, 6) is -0.140. The molecule has 9 nitrogen and oxygen atoms in total. The maximum absolute atomic E-state index is 12.4. The van der Waals surface area contributed by atoms with Crippen LogP contribution in [-0.4, -0.2) is 52.8 Å².